The molecule has 0 saturated carbocycles. The number of allylic oxidation sites excluding steroid dienone is 2. The predicted octanol–water partition coefficient (Wildman–Crippen LogP) is 3.46. The smallest absolute Gasteiger partial charge is 0.336 e. The molecule has 2 N–H and O–H groups in total. The maximum atomic E-state index is 13.3. The number of rotatable bonds is 9. The zero-order chi connectivity index (χ0) is 25.5. The zero-order valence-corrected chi connectivity index (χ0v) is 20.3. The number of esters is 2. The molecule has 35 heavy (non-hydrogen) atoms. The van der Waals surface area contributed by atoms with Gasteiger partial charge < -0.3 is 25.2 Å². The van der Waals surface area contributed by atoms with E-state index >= 15 is 0 Å². The molecule has 1 aliphatic heterocycles. The topological polar surface area (TPSA) is 114 Å². The first-order valence-corrected chi connectivity index (χ1v) is 11.2. The molecule has 9 nitrogen and oxygen atoms in total. The molecule has 2 aromatic carbocycles. The lowest BCUT2D eigenvalue weighted by molar-refractivity contribution is -0.139. The lowest BCUT2D eigenvalue weighted by atomic mass is 9.80. The van der Waals surface area contributed by atoms with Gasteiger partial charge in [-0.15, -0.1) is 0 Å². The van der Waals surface area contributed by atoms with Gasteiger partial charge in [-0.2, -0.15) is 0 Å². The van der Waals surface area contributed by atoms with Gasteiger partial charge in [-0.05, 0) is 44.2 Å². The third-order valence-corrected chi connectivity index (χ3v) is 5.81. The van der Waals surface area contributed by atoms with Crippen molar-refractivity contribution in [3.8, 4) is 0 Å². The first-order chi connectivity index (χ1) is 16.7. The molecule has 0 spiro atoms. The van der Waals surface area contributed by atoms with Crippen LogP contribution in [0.1, 0.15) is 30.9 Å². The molecular formula is C26H30N3O6-. The van der Waals surface area contributed by atoms with E-state index in [-0.39, 0.29) is 28.7 Å². The number of dihydropyridines is 1. The van der Waals surface area contributed by atoms with Crippen LogP contribution in [0.5, 0.6) is 0 Å². The van der Waals surface area contributed by atoms with Crippen molar-refractivity contribution in [1.29, 1.82) is 0 Å². The van der Waals surface area contributed by atoms with E-state index in [0.29, 0.717) is 30.0 Å². The van der Waals surface area contributed by atoms with Gasteiger partial charge in [-0.3, -0.25) is 10.1 Å². The fourth-order valence-corrected chi connectivity index (χ4v) is 4.15. The summed E-state index contributed by atoms with van der Waals surface area (Å²) in [6.07, 6.45) is 0. The molecule has 186 valence electrons. The Balaban J connectivity index is 1.83. The number of ether oxygens (including phenoxy) is 2. The third kappa shape index (κ3) is 6.27. The Morgan fingerprint density at radius 2 is 1.69 bits per heavy atom. The average molecular weight is 481 g/mol. The summed E-state index contributed by atoms with van der Waals surface area (Å²) in [4.78, 5) is 28.0. The average Bonchev–Trinajstić information content (AvgIpc) is 2.83. The fourth-order valence-electron chi connectivity index (χ4n) is 4.15. The highest BCUT2D eigenvalue weighted by atomic mass is 16.8. The number of likely N-dealkylation sites (N-methyl/N-ethyl adjacent to an activating group) is 1. The lowest BCUT2D eigenvalue weighted by Crippen LogP contribution is -2.33. The first kappa shape index (κ1) is 26.0. The Labute approximate surface area is 204 Å². The summed E-state index contributed by atoms with van der Waals surface area (Å²) in [7, 11) is 3.20. The molecule has 1 atom stereocenters. The summed E-state index contributed by atoms with van der Waals surface area (Å²) in [6.45, 7) is 4.79. The Kier molecular flexibility index (Phi) is 8.64. The van der Waals surface area contributed by atoms with E-state index in [4.69, 9.17) is 9.47 Å². The summed E-state index contributed by atoms with van der Waals surface area (Å²) in [5.41, 5.74) is 3.08. The van der Waals surface area contributed by atoms with Gasteiger partial charge in [-0.25, -0.2) is 9.59 Å². The minimum Gasteiger partial charge on any atom is -0.733 e. The summed E-state index contributed by atoms with van der Waals surface area (Å²) in [5.74, 6) is -2.05. The Morgan fingerprint density at radius 1 is 1.03 bits per heavy atom. The van der Waals surface area contributed by atoms with Crippen LogP contribution < -0.4 is 10.5 Å². The summed E-state index contributed by atoms with van der Waals surface area (Å²) in [6, 6.07) is 16.0. The molecule has 1 aliphatic rings. The van der Waals surface area contributed by atoms with Crippen molar-refractivity contribution in [2.45, 2.75) is 26.3 Å². The number of hydrogen-bond acceptors (Lipinski definition) is 9. The van der Waals surface area contributed by atoms with Crippen molar-refractivity contribution in [2.75, 3.05) is 32.5 Å². The number of benzene rings is 2. The van der Waals surface area contributed by atoms with Gasteiger partial charge in [0.1, 0.15) is 6.61 Å². The van der Waals surface area contributed by atoms with Crippen LogP contribution in [0.3, 0.4) is 0 Å². The number of nitrogens with one attached hydrogen (secondary N) is 1. The monoisotopic (exact) mass is 480 g/mol. The van der Waals surface area contributed by atoms with Gasteiger partial charge in [-0.1, -0.05) is 42.5 Å². The highest BCUT2D eigenvalue weighted by molar-refractivity contribution is 5.99. The number of carbonyl (C=O) groups excluding carboxylic acids is 2. The molecule has 9 heteroatoms. The highest BCUT2D eigenvalue weighted by Gasteiger charge is 2.38. The van der Waals surface area contributed by atoms with Crippen LogP contribution in [0.4, 0.5) is 5.69 Å². The van der Waals surface area contributed by atoms with Gasteiger partial charge in [0.2, 0.25) is 0 Å². The van der Waals surface area contributed by atoms with Crippen LogP contribution in [-0.2, 0) is 25.6 Å². The standard InChI is InChI=1S/C26H30N3O6/c1-17-22(25(30)34-4)24(20-11-8-12-21(15-20)29(32)33)23(18(2)27-17)26(31)35-14-13-28(3)16-19-9-6-5-7-10-19/h5-12,15,24,27,32H,13-14,16H2,1-4H3/q-1/t24-/m0/s1. The zero-order valence-electron chi connectivity index (χ0n) is 20.3. The number of nitrogens with zero attached hydrogens (tertiary/aromatic N) is 2. The van der Waals surface area contributed by atoms with Gasteiger partial charge >= 0.3 is 11.9 Å². The highest BCUT2D eigenvalue weighted by Crippen LogP contribution is 2.40. The summed E-state index contributed by atoms with van der Waals surface area (Å²) >= 11 is 0. The van der Waals surface area contributed by atoms with Crippen molar-refractivity contribution in [1.82, 2.24) is 10.2 Å². The van der Waals surface area contributed by atoms with Crippen molar-refractivity contribution in [2.24, 2.45) is 0 Å². The molecule has 1 heterocycles. The van der Waals surface area contributed by atoms with Gasteiger partial charge in [0.15, 0.2) is 0 Å². The van der Waals surface area contributed by atoms with Crippen LogP contribution in [0, 0.1) is 5.21 Å². The largest absolute Gasteiger partial charge is 0.733 e. The van der Waals surface area contributed by atoms with E-state index in [1.165, 1.54) is 19.2 Å². The van der Waals surface area contributed by atoms with E-state index < -0.39 is 17.9 Å². The van der Waals surface area contributed by atoms with Crippen molar-refractivity contribution in [3.63, 3.8) is 0 Å². The SMILES string of the molecule is COC(=O)C1=C(C)NC(C)=C(C(=O)OCCN(C)Cc2ccccc2)[C@H]1c1cccc(N([O-])O)c1. The van der Waals surface area contributed by atoms with Crippen molar-refractivity contribution in [3.05, 3.63) is 93.5 Å². The van der Waals surface area contributed by atoms with Crippen molar-refractivity contribution < 1.29 is 24.3 Å². The molecule has 3 rings (SSSR count). The predicted molar refractivity (Wildman–Crippen MR) is 131 cm³/mol. The fraction of sp³-hybridized carbons (Fsp3) is 0.308. The van der Waals surface area contributed by atoms with E-state index in [1.807, 2.05) is 42.3 Å². The van der Waals surface area contributed by atoms with Gasteiger partial charge in [0.05, 0.1) is 29.9 Å². The lowest BCUT2D eigenvalue weighted by Gasteiger charge is -2.31. The number of hydrogen-bond donors (Lipinski definition) is 2. The van der Waals surface area contributed by atoms with Gasteiger partial charge in [0, 0.05) is 24.5 Å². The van der Waals surface area contributed by atoms with Gasteiger partial charge in [0.25, 0.3) is 0 Å². The molecule has 0 bridgehead atoms. The summed E-state index contributed by atoms with van der Waals surface area (Å²) < 4.78 is 10.6. The van der Waals surface area contributed by atoms with E-state index in [1.54, 1.807) is 26.0 Å². The summed E-state index contributed by atoms with van der Waals surface area (Å²) in [5, 5.41) is 23.7. The molecule has 0 unspecified atom stereocenters. The molecule has 2 aromatic rings. The van der Waals surface area contributed by atoms with Crippen LogP contribution in [0.15, 0.2) is 77.1 Å². The Bertz CT molecular complexity index is 1130. The second kappa shape index (κ2) is 11.7. The maximum absolute atomic E-state index is 13.3. The molecule has 0 saturated heterocycles. The Morgan fingerprint density at radius 3 is 2.31 bits per heavy atom. The second-order valence-electron chi connectivity index (χ2n) is 8.35. The van der Waals surface area contributed by atoms with E-state index in [2.05, 4.69) is 5.32 Å². The van der Waals surface area contributed by atoms with Crippen LogP contribution in [-0.4, -0.2) is 49.4 Å². The Hall–Kier alpha value is -3.66. The molecule has 0 radical (unpaired) electrons. The minimum absolute atomic E-state index is 0.0317. The van der Waals surface area contributed by atoms with Crippen LogP contribution in [0.25, 0.3) is 0 Å². The maximum Gasteiger partial charge on any atom is 0.336 e. The molecule has 0 aliphatic carbocycles. The number of anilines is 1. The van der Waals surface area contributed by atoms with Crippen molar-refractivity contribution >= 4 is 17.6 Å². The molecule has 0 aromatic heterocycles. The first-order valence-electron chi connectivity index (χ1n) is 11.2. The molecule has 0 fully saturated rings. The molecule has 0 amide bonds. The number of carbonyl (C=O) groups is 2. The van der Waals surface area contributed by atoms with Crippen LogP contribution in [0.2, 0.25) is 0 Å². The second-order valence-corrected chi connectivity index (χ2v) is 8.35. The molecular weight excluding hydrogens is 450 g/mol. The number of methoxy groups -OCH3 is 1. The van der Waals surface area contributed by atoms with E-state index in [9.17, 15) is 20.0 Å². The minimum atomic E-state index is -0.849. The normalized spacial score (nSPS) is 15.7. The van der Waals surface area contributed by atoms with Crippen LogP contribution >= 0.6 is 0 Å². The third-order valence-electron chi connectivity index (χ3n) is 5.81. The van der Waals surface area contributed by atoms with E-state index in [0.717, 1.165) is 5.56 Å². The quantitative estimate of drug-likeness (QED) is 0.411.